The lowest BCUT2D eigenvalue weighted by Crippen LogP contribution is -2.41. The normalized spacial score (nSPS) is 31.6. The maximum Gasteiger partial charge on any atom is 0.0317 e. The van der Waals surface area contributed by atoms with Crippen LogP contribution in [-0.2, 0) is 0 Å². The van der Waals surface area contributed by atoms with E-state index in [1.807, 2.05) is 0 Å². The van der Waals surface area contributed by atoms with Crippen LogP contribution in [0, 0.1) is 0 Å². The predicted molar refractivity (Wildman–Crippen MR) is 65.7 cm³/mol. The van der Waals surface area contributed by atoms with Crippen LogP contribution in [0.3, 0.4) is 0 Å². The Morgan fingerprint density at radius 1 is 1.31 bits per heavy atom. The maximum absolute atomic E-state index is 6.19. The molecule has 2 unspecified atom stereocenters. The maximum atomic E-state index is 6.19. The van der Waals surface area contributed by atoms with Crippen molar-refractivity contribution in [2.45, 2.75) is 49.7 Å². The van der Waals surface area contributed by atoms with Crippen molar-refractivity contribution in [2.75, 3.05) is 11.5 Å². The first kappa shape index (κ1) is 11.7. The van der Waals surface area contributed by atoms with Gasteiger partial charge in [-0.25, -0.2) is 0 Å². The molecule has 1 saturated heterocycles. The summed E-state index contributed by atoms with van der Waals surface area (Å²) in [6, 6.07) is 0.424. The van der Waals surface area contributed by atoms with Crippen molar-refractivity contribution in [1.82, 2.24) is 0 Å². The van der Waals surface area contributed by atoms with Crippen LogP contribution in [-0.4, -0.2) is 28.0 Å². The lowest BCUT2D eigenvalue weighted by atomic mass is 10.1. The second kappa shape index (κ2) is 6.20. The van der Waals surface area contributed by atoms with Crippen LogP contribution >= 0.6 is 23.5 Å². The van der Waals surface area contributed by atoms with Crippen molar-refractivity contribution < 1.29 is 0 Å². The Labute approximate surface area is 90.6 Å². The smallest absolute Gasteiger partial charge is 0.0317 e. The van der Waals surface area contributed by atoms with Crippen LogP contribution in [0.25, 0.3) is 0 Å². The highest BCUT2D eigenvalue weighted by Crippen LogP contribution is 2.35. The van der Waals surface area contributed by atoms with Crippen molar-refractivity contribution in [3.05, 3.63) is 0 Å². The summed E-state index contributed by atoms with van der Waals surface area (Å²) in [4.78, 5) is 0. The Kier molecular flexibility index (Phi) is 5.60. The van der Waals surface area contributed by atoms with E-state index in [4.69, 9.17) is 5.73 Å². The molecular weight excluding hydrogens is 198 g/mol. The van der Waals surface area contributed by atoms with E-state index in [9.17, 15) is 0 Å². The van der Waals surface area contributed by atoms with E-state index in [1.54, 1.807) is 0 Å². The Morgan fingerprint density at radius 3 is 2.62 bits per heavy atom. The van der Waals surface area contributed by atoms with E-state index in [-0.39, 0.29) is 0 Å². The topological polar surface area (TPSA) is 26.0 Å². The van der Waals surface area contributed by atoms with Gasteiger partial charge in [-0.15, -0.1) is 0 Å². The highest BCUT2D eigenvalue weighted by Gasteiger charge is 2.29. The Balaban J connectivity index is 2.43. The van der Waals surface area contributed by atoms with Gasteiger partial charge in [0, 0.05) is 28.0 Å². The van der Waals surface area contributed by atoms with Gasteiger partial charge in [-0.05, 0) is 12.8 Å². The molecular formula is C10H21NS2. The summed E-state index contributed by atoms with van der Waals surface area (Å²) in [5.41, 5.74) is 6.19. The molecule has 1 nitrogen and oxygen atoms in total. The molecule has 0 aromatic rings. The molecule has 0 aromatic carbocycles. The fraction of sp³-hybridized carbons (Fsp3) is 1.00. The molecule has 13 heavy (non-hydrogen) atoms. The third-order valence-corrected chi connectivity index (χ3v) is 5.97. The monoisotopic (exact) mass is 219 g/mol. The van der Waals surface area contributed by atoms with Gasteiger partial charge in [-0.2, -0.15) is 23.5 Å². The molecule has 1 aliphatic heterocycles. The van der Waals surface area contributed by atoms with Crippen LogP contribution in [0.1, 0.15) is 33.1 Å². The lowest BCUT2D eigenvalue weighted by Gasteiger charge is -2.34. The van der Waals surface area contributed by atoms with Gasteiger partial charge in [0.25, 0.3) is 0 Å². The molecule has 0 radical (unpaired) electrons. The summed E-state index contributed by atoms with van der Waals surface area (Å²) >= 11 is 4.22. The zero-order chi connectivity index (χ0) is 9.68. The van der Waals surface area contributed by atoms with Crippen LogP contribution in [0.2, 0.25) is 0 Å². The van der Waals surface area contributed by atoms with Crippen molar-refractivity contribution in [3.8, 4) is 0 Å². The molecule has 0 saturated carbocycles. The number of rotatable bonds is 4. The number of hydrogen-bond donors (Lipinski definition) is 1. The van der Waals surface area contributed by atoms with Crippen molar-refractivity contribution in [3.63, 3.8) is 0 Å². The minimum absolute atomic E-state index is 0.424. The molecule has 1 heterocycles. The fourth-order valence-electron chi connectivity index (χ4n) is 1.83. The molecule has 1 aliphatic rings. The van der Waals surface area contributed by atoms with Gasteiger partial charge < -0.3 is 5.73 Å². The van der Waals surface area contributed by atoms with E-state index >= 15 is 0 Å². The van der Waals surface area contributed by atoms with Crippen molar-refractivity contribution in [1.29, 1.82) is 0 Å². The van der Waals surface area contributed by atoms with Crippen LogP contribution in [0.5, 0.6) is 0 Å². The zero-order valence-corrected chi connectivity index (χ0v) is 10.3. The van der Waals surface area contributed by atoms with Crippen LogP contribution in [0.15, 0.2) is 0 Å². The van der Waals surface area contributed by atoms with E-state index in [1.165, 1.54) is 30.8 Å². The van der Waals surface area contributed by atoms with E-state index < -0.39 is 0 Å². The van der Waals surface area contributed by atoms with E-state index in [0.29, 0.717) is 11.3 Å². The summed E-state index contributed by atoms with van der Waals surface area (Å²) in [6.07, 6.45) is 3.69. The van der Waals surface area contributed by atoms with Crippen LogP contribution < -0.4 is 5.73 Å². The number of thioether (sulfide) groups is 2. The van der Waals surface area contributed by atoms with E-state index in [2.05, 4.69) is 37.4 Å². The molecule has 3 heteroatoms. The fourth-order valence-corrected chi connectivity index (χ4v) is 5.07. The summed E-state index contributed by atoms with van der Waals surface area (Å²) < 4.78 is 0. The number of nitrogens with two attached hydrogens (primary N) is 1. The number of hydrogen-bond acceptors (Lipinski definition) is 3. The zero-order valence-electron chi connectivity index (χ0n) is 8.66. The summed E-state index contributed by atoms with van der Waals surface area (Å²) in [7, 11) is 0. The second-order valence-electron chi connectivity index (χ2n) is 3.61. The molecule has 1 fully saturated rings. The Morgan fingerprint density at radius 2 is 2.00 bits per heavy atom. The minimum atomic E-state index is 0.424. The molecule has 1 rings (SSSR count). The van der Waals surface area contributed by atoms with Gasteiger partial charge in [-0.3, -0.25) is 0 Å². The van der Waals surface area contributed by atoms with Crippen molar-refractivity contribution in [2.24, 2.45) is 5.73 Å². The van der Waals surface area contributed by atoms with E-state index in [0.717, 1.165) is 5.25 Å². The summed E-state index contributed by atoms with van der Waals surface area (Å²) in [5.74, 6) is 2.61. The summed E-state index contributed by atoms with van der Waals surface area (Å²) in [5, 5.41) is 1.52. The van der Waals surface area contributed by atoms with Gasteiger partial charge in [0.1, 0.15) is 0 Å². The first-order valence-corrected chi connectivity index (χ1v) is 7.38. The van der Waals surface area contributed by atoms with Gasteiger partial charge in [0.05, 0.1) is 0 Å². The average Bonchev–Trinajstić information content (AvgIpc) is 2.18. The first-order valence-electron chi connectivity index (χ1n) is 5.28. The molecule has 3 atom stereocenters. The Bertz CT molecular complexity index is 141. The molecule has 0 aromatic heterocycles. The molecule has 2 N–H and O–H groups in total. The predicted octanol–water partition coefficient (Wildman–Crippen LogP) is 2.74. The minimum Gasteiger partial charge on any atom is -0.327 e. The van der Waals surface area contributed by atoms with Gasteiger partial charge in [0.2, 0.25) is 0 Å². The molecule has 0 aliphatic carbocycles. The van der Waals surface area contributed by atoms with Gasteiger partial charge >= 0.3 is 0 Å². The molecule has 0 amide bonds. The summed E-state index contributed by atoms with van der Waals surface area (Å²) in [6.45, 7) is 4.51. The quantitative estimate of drug-likeness (QED) is 0.787. The first-order chi connectivity index (χ1) is 6.29. The standard InChI is InChI=1S/C10H21NS2/c1-3-5-8(11)10-9(4-2)12-6-7-13-10/h8-10H,3-7,11H2,1-2H3/t8-,9?,10?/m1/s1. The molecule has 0 spiro atoms. The highest BCUT2D eigenvalue weighted by atomic mass is 32.2. The Hall–Kier alpha value is 0.660. The molecule has 0 bridgehead atoms. The van der Waals surface area contributed by atoms with Gasteiger partial charge in [-0.1, -0.05) is 20.3 Å². The molecule has 78 valence electrons. The van der Waals surface area contributed by atoms with Crippen LogP contribution in [0.4, 0.5) is 0 Å². The average molecular weight is 219 g/mol. The second-order valence-corrected chi connectivity index (χ2v) is 6.24. The third kappa shape index (κ3) is 3.37. The largest absolute Gasteiger partial charge is 0.327 e. The SMILES string of the molecule is CCC[C@@H](N)C1SCCSC1CC. The van der Waals surface area contributed by atoms with Crippen molar-refractivity contribution >= 4 is 23.5 Å². The third-order valence-electron chi connectivity index (χ3n) is 2.54. The van der Waals surface area contributed by atoms with Gasteiger partial charge in [0.15, 0.2) is 0 Å². The lowest BCUT2D eigenvalue weighted by molar-refractivity contribution is 0.555. The highest BCUT2D eigenvalue weighted by molar-refractivity contribution is 8.07.